The van der Waals surface area contributed by atoms with E-state index >= 15 is 0 Å². The largest absolute Gasteiger partial charge is 0.366 e. The molecule has 6 N–H and O–H groups in total. The fraction of sp³-hybridized carbons (Fsp3) is 0.565. The molecule has 0 saturated heterocycles. The number of nitrogens with one attached hydrogen (secondary N) is 4. The predicted molar refractivity (Wildman–Crippen MR) is 129 cm³/mol. The Morgan fingerprint density at radius 3 is 2.06 bits per heavy atom. The zero-order chi connectivity index (χ0) is 24.7. The van der Waals surface area contributed by atoms with Gasteiger partial charge in [-0.15, -0.1) is 0 Å². The van der Waals surface area contributed by atoms with Crippen LogP contribution in [0.3, 0.4) is 0 Å². The molecule has 1 unspecified atom stereocenters. The van der Waals surface area contributed by atoms with Crippen molar-refractivity contribution in [3.05, 3.63) is 48.3 Å². The van der Waals surface area contributed by atoms with Gasteiger partial charge >= 0.3 is 0 Å². The van der Waals surface area contributed by atoms with Gasteiger partial charge in [-0.3, -0.25) is 14.5 Å². The van der Waals surface area contributed by atoms with Crippen LogP contribution in [0.25, 0.3) is 0 Å². The first kappa shape index (κ1) is 25.3. The van der Waals surface area contributed by atoms with Crippen LogP contribution in [0.1, 0.15) is 58.6 Å². The van der Waals surface area contributed by atoms with E-state index in [1.165, 1.54) is 0 Å². The molecule has 11 nitrogen and oxygen atoms in total. The molecule has 0 fully saturated rings. The Balaban J connectivity index is 1.63. The van der Waals surface area contributed by atoms with E-state index < -0.39 is 11.6 Å². The summed E-state index contributed by atoms with van der Waals surface area (Å²) < 4.78 is 0. The lowest BCUT2D eigenvalue weighted by Crippen LogP contribution is -2.60. The monoisotopic (exact) mass is 471 g/mol. The second-order valence-electron chi connectivity index (χ2n) is 9.21. The van der Waals surface area contributed by atoms with Gasteiger partial charge in [0.05, 0.1) is 13.1 Å². The van der Waals surface area contributed by atoms with Crippen molar-refractivity contribution in [2.45, 2.75) is 77.8 Å². The number of hydrogen-bond acceptors (Lipinski definition) is 7. The molecule has 0 aromatic carbocycles. The van der Waals surface area contributed by atoms with Crippen molar-refractivity contribution < 1.29 is 9.59 Å². The van der Waals surface area contributed by atoms with Crippen LogP contribution in [0.2, 0.25) is 0 Å². The minimum absolute atomic E-state index is 0.259. The summed E-state index contributed by atoms with van der Waals surface area (Å²) in [5.74, 6) is 0.467. The highest BCUT2D eigenvalue weighted by molar-refractivity contribution is 5.96. The second kappa shape index (κ2) is 11.2. The number of carbonyl (C=O) groups excluding carboxylic acids is 2. The summed E-state index contributed by atoms with van der Waals surface area (Å²) in [6, 6.07) is 0.904. The normalized spacial score (nSPS) is 17.7. The van der Waals surface area contributed by atoms with Crippen LogP contribution >= 0.6 is 0 Å². The highest BCUT2D eigenvalue weighted by Crippen LogP contribution is 2.21. The number of H-pyrrole nitrogens is 2. The van der Waals surface area contributed by atoms with Gasteiger partial charge in [0.25, 0.3) is 11.8 Å². The first-order valence-electron chi connectivity index (χ1n) is 11.8. The van der Waals surface area contributed by atoms with E-state index in [1.54, 1.807) is 35.9 Å². The average molecular weight is 472 g/mol. The van der Waals surface area contributed by atoms with Crippen LogP contribution in [0.15, 0.2) is 36.7 Å². The van der Waals surface area contributed by atoms with Crippen molar-refractivity contribution >= 4 is 11.8 Å². The van der Waals surface area contributed by atoms with Gasteiger partial charge in [-0.25, -0.2) is 9.97 Å². The zero-order valence-electron chi connectivity index (χ0n) is 20.5. The van der Waals surface area contributed by atoms with Gasteiger partial charge in [-0.1, -0.05) is 0 Å². The Morgan fingerprint density at radius 2 is 1.59 bits per heavy atom. The zero-order valence-corrected chi connectivity index (χ0v) is 20.5. The van der Waals surface area contributed by atoms with Crippen molar-refractivity contribution in [1.29, 1.82) is 0 Å². The maximum absolute atomic E-state index is 13.4. The molecule has 0 saturated carbocycles. The van der Waals surface area contributed by atoms with Gasteiger partial charge in [-0.05, 0) is 53.5 Å². The van der Waals surface area contributed by atoms with Crippen molar-refractivity contribution in [2.24, 2.45) is 5.73 Å². The SMILES string of the molecule is CC(C)N(CCCCC1(C(N)=O)NC=C(C(=O)N(Cc2ncc[nH]2)Cc2ncc[nH]2)N1)C(C)C. The Kier molecular flexibility index (Phi) is 8.32. The molecule has 2 amide bonds. The molecule has 3 rings (SSSR count). The van der Waals surface area contributed by atoms with Crippen LogP contribution in [-0.2, 0) is 22.7 Å². The smallest absolute Gasteiger partial charge is 0.272 e. The minimum Gasteiger partial charge on any atom is -0.366 e. The molecular formula is C23H37N9O2. The van der Waals surface area contributed by atoms with E-state index in [0.717, 1.165) is 19.4 Å². The Hall–Kier alpha value is -3.34. The summed E-state index contributed by atoms with van der Waals surface area (Å²) in [6.45, 7) is 10.2. The van der Waals surface area contributed by atoms with Crippen molar-refractivity contribution in [2.75, 3.05) is 6.54 Å². The van der Waals surface area contributed by atoms with E-state index in [-0.39, 0.29) is 24.7 Å². The van der Waals surface area contributed by atoms with Crippen molar-refractivity contribution in [3.63, 3.8) is 0 Å². The van der Waals surface area contributed by atoms with E-state index in [1.807, 2.05) is 0 Å². The van der Waals surface area contributed by atoms with Gasteiger partial charge in [0.2, 0.25) is 0 Å². The third-order valence-corrected chi connectivity index (χ3v) is 6.08. The Morgan fingerprint density at radius 1 is 1.00 bits per heavy atom. The van der Waals surface area contributed by atoms with Gasteiger partial charge in [-0.2, -0.15) is 0 Å². The van der Waals surface area contributed by atoms with E-state index in [9.17, 15) is 9.59 Å². The van der Waals surface area contributed by atoms with Crippen molar-refractivity contribution in [1.82, 2.24) is 40.4 Å². The number of imidazole rings is 2. The topological polar surface area (TPSA) is 148 Å². The maximum Gasteiger partial charge on any atom is 0.272 e. The molecule has 0 aliphatic carbocycles. The number of hydrogen-bond donors (Lipinski definition) is 5. The highest BCUT2D eigenvalue weighted by Gasteiger charge is 2.41. The number of nitrogens with zero attached hydrogens (tertiary/aromatic N) is 4. The van der Waals surface area contributed by atoms with Crippen LogP contribution in [0.4, 0.5) is 0 Å². The van der Waals surface area contributed by atoms with Crippen molar-refractivity contribution in [3.8, 4) is 0 Å². The minimum atomic E-state index is -1.19. The molecular weight excluding hydrogens is 434 g/mol. The van der Waals surface area contributed by atoms with Gasteiger partial charge in [0.15, 0.2) is 5.66 Å². The number of amides is 2. The first-order valence-corrected chi connectivity index (χ1v) is 11.8. The third-order valence-electron chi connectivity index (χ3n) is 6.08. The molecule has 0 spiro atoms. The summed E-state index contributed by atoms with van der Waals surface area (Å²) >= 11 is 0. The highest BCUT2D eigenvalue weighted by atomic mass is 16.2. The molecule has 3 heterocycles. The summed E-state index contributed by atoms with van der Waals surface area (Å²) in [7, 11) is 0. The van der Waals surface area contributed by atoms with Crippen LogP contribution in [0, 0.1) is 0 Å². The molecule has 1 atom stereocenters. The number of aromatic amines is 2. The lowest BCUT2D eigenvalue weighted by Gasteiger charge is -2.32. The molecule has 34 heavy (non-hydrogen) atoms. The molecule has 2 aromatic rings. The maximum atomic E-state index is 13.4. The van der Waals surface area contributed by atoms with Gasteiger partial charge in [0.1, 0.15) is 17.3 Å². The van der Waals surface area contributed by atoms with E-state index in [0.29, 0.717) is 30.2 Å². The standard InChI is InChI=1S/C23H37N9O2/c1-16(2)32(17(3)4)12-6-5-7-23(22(24)34)29-13-18(30-23)21(33)31(14-19-25-8-9-26-19)15-20-27-10-11-28-20/h8-11,13,16-17,29-30H,5-7,12,14-15H2,1-4H3,(H2,24,34)(H,25,26)(H,27,28). The molecule has 11 heteroatoms. The quantitative estimate of drug-likeness (QED) is 0.275. The number of primary amides is 1. The lowest BCUT2D eigenvalue weighted by atomic mass is 10.0. The number of carbonyl (C=O) groups is 2. The summed E-state index contributed by atoms with van der Waals surface area (Å²) in [5.41, 5.74) is 4.86. The fourth-order valence-corrected chi connectivity index (χ4v) is 4.30. The Labute approximate surface area is 200 Å². The molecule has 186 valence electrons. The molecule has 0 bridgehead atoms. The summed E-state index contributed by atoms with van der Waals surface area (Å²) in [6.07, 6.45) is 10.4. The van der Waals surface area contributed by atoms with E-state index in [2.05, 4.69) is 63.2 Å². The fourth-order valence-electron chi connectivity index (χ4n) is 4.30. The van der Waals surface area contributed by atoms with Crippen LogP contribution < -0.4 is 16.4 Å². The molecule has 1 aliphatic rings. The average Bonchev–Trinajstić information content (AvgIpc) is 3.55. The molecule has 0 radical (unpaired) electrons. The first-order chi connectivity index (χ1) is 16.2. The lowest BCUT2D eigenvalue weighted by molar-refractivity contribution is -0.129. The van der Waals surface area contributed by atoms with Crippen LogP contribution in [-0.4, -0.2) is 65.8 Å². The molecule has 2 aromatic heterocycles. The summed E-state index contributed by atoms with van der Waals surface area (Å²) in [4.78, 5) is 44.3. The van der Waals surface area contributed by atoms with Gasteiger partial charge in [0, 0.05) is 43.1 Å². The number of rotatable bonds is 13. The number of aromatic nitrogens is 4. The number of nitrogens with two attached hydrogens (primary N) is 1. The van der Waals surface area contributed by atoms with Gasteiger partial charge < -0.3 is 31.2 Å². The Bertz CT molecular complexity index is 909. The molecule has 1 aliphatic heterocycles. The second-order valence-corrected chi connectivity index (χ2v) is 9.21. The summed E-state index contributed by atoms with van der Waals surface area (Å²) in [5, 5.41) is 6.14. The van der Waals surface area contributed by atoms with E-state index in [4.69, 9.17) is 5.73 Å². The van der Waals surface area contributed by atoms with Crippen LogP contribution in [0.5, 0.6) is 0 Å². The number of unbranched alkanes of at least 4 members (excludes halogenated alkanes) is 1. The third kappa shape index (κ3) is 6.16. The predicted octanol–water partition coefficient (Wildman–Crippen LogP) is 1.17.